The zero-order valence-corrected chi connectivity index (χ0v) is 8.34. The minimum absolute atomic E-state index is 0.0303. The lowest BCUT2D eigenvalue weighted by atomic mass is 10.1. The third-order valence-electron chi connectivity index (χ3n) is 1.80. The summed E-state index contributed by atoms with van der Waals surface area (Å²) in [5.74, 6) is -2.87. The molecule has 1 aromatic heterocycles. The number of alkyl halides is 2. The summed E-state index contributed by atoms with van der Waals surface area (Å²) in [5.41, 5.74) is 3.46. The third-order valence-corrected chi connectivity index (χ3v) is 1.80. The van der Waals surface area contributed by atoms with Gasteiger partial charge in [-0.25, -0.2) is 22.9 Å². The predicted molar refractivity (Wildman–Crippen MR) is 49.5 cm³/mol. The lowest BCUT2D eigenvalue weighted by molar-refractivity contribution is 0.0514. The molecule has 4 nitrogen and oxygen atoms in total. The first kappa shape index (κ1) is 12.3. The summed E-state index contributed by atoms with van der Waals surface area (Å²) >= 11 is 0. The Morgan fingerprint density at radius 3 is 2.75 bits per heavy atom. The zero-order valence-electron chi connectivity index (χ0n) is 8.34. The Hall–Kier alpha value is -1.79. The molecule has 0 aliphatic carbocycles. The van der Waals surface area contributed by atoms with Crippen LogP contribution < -0.4 is 5.73 Å². The van der Waals surface area contributed by atoms with Gasteiger partial charge in [0.2, 0.25) is 0 Å². The van der Waals surface area contributed by atoms with Gasteiger partial charge >= 0.3 is 5.97 Å². The molecule has 0 radical (unpaired) electrons. The first-order valence-electron chi connectivity index (χ1n) is 4.38. The van der Waals surface area contributed by atoms with Crippen molar-refractivity contribution in [1.82, 2.24) is 4.98 Å². The van der Waals surface area contributed by atoms with Crippen LogP contribution >= 0.6 is 0 Å². The molecule has 0 aliphatic heterocycles. The van der Waals surface area contributed by atoms with Gasteiger partial charge in [-0.2, -0.15) is 0 Å². The predicted octanol–water partition coefficient (Wildman–Crippen LogP) is 1.92. The fourth-order valence-corrected chi connectivity index (χ4v) is 1.15. The summed E-state index contributed by atoms with van der Waals surface area (Å²) in [4.78, 5) is 14.6. The lowest BCUT2D eigenvalue weighted by Crippen LogP contribution is -2.14. The van der Waals surface area contributed by atoms with Crippen LogP contribution in [0.25, 0.3) is 0 Å². The van der Waals surface area contributed by atoms with E-state index in [4.69, 9.17) is 5.73 Å². The molecule has 0 aliphatic rings. The van der Waals surface area contributed by atoms with Crippen LogP contribution in [0.4, 0.5) is 19.0 Å². The highest BCUT2D eigenvalue weighted by atomic mass is 19.3. The number of hydrogen-bond acceptors (Lipinski definition) is 4. The molecule has 88 valence electrons. The van der Waals surface area contributed by atoms with E-state index in [0.29, 0.717) is 6.20 Å². The number of anilines is 1. The van der Waals surface area contributed by atoms with E-state index in [9.17, 15) is 18.0 Å². The SMILES string of the molecule is CCOC(=O)c1c(N)ncc(F)c1C(F)F. The number of aromatic nitrogens is 1. The highest BCUT2D eigenvalue weighted by molar-refractivity contribution is 5.95. The van der Waals surface area contributed by atoms with Crippen LogP contribution in [0.1, 0.15) is 29.3 Å². The van der Waals surface area contributed by atoms with Crippen molar-refractivity contribution < 1.29 is 22.7 Å². The van der Waals surface area contributed by atoms with E-state index in [0.717, 1.165) is 0 Å². The van der Waals surface area contributed by atoms with Gasteiger partial charge in [-0.15, -0.1) is 0 Å². The monoisotopic (exact) mass is 234 g/mol. The summed E-state index contributed by atoms with van der Waals surface area (Å²) in [5, 5.41) is 0. The number of ether oxygens (including phenoxy) is 1. The Morgan fingerprint density at radius 2 is 2.25 bits per heavy atom. The number of esters is 1. The molecule has 2 N–H and O–H groups in total. The molecule has 0 fully saturated rings. The van der Waals surface area contributed by atoms with Gasteiger partial charge in [-0.05, 0) is 6.92 Å². The largest absolute Gasteiger partial charge is 0.462 e. The number of hydrogen-bond donors (Lipinski definition) is 1. The minimum atomic E-state index is -3.16. The fourth-order valence-electron chi connectivity index (χ4n) is 1.15. The molecule has 0 spiro atoms. The third kappa shape index (κ3) is 2.23. The van der Waals surface area contributed by atoms with Crippen LogP contribution in [0.3, 0.4) is 0 Å². The standard InChI is InChI=1S/C9H9F3N2O2/c1-2-16-9(15)6-5(7(11)12)4(10)3-14-8(6)13/h3,7H,2H2,1H3,(H2,13,14). The van der Waals surface area contributed by atoms with E-state index < -0.39 is 35.2 Å². The average molecular weight is 234 g/mol. The number of nitrogens with zero attached hydrogens (tertiary/aromatic N) is 1. The average Bonchev–Trinajstić information content (AvgIpc) is 2.20. The normalized spacial score (nSPS) is 10.6. The maximum absolute atomic E-state index is 13.1. The van der Waals surface area contributed by atoms with Crippen molar-refractivity contribution in [2.45, 2.75) is 13.3 Å². The lowest BCUT2D eigenvalue weighted by Gasteiger charge is -2.10. The van der Waals surface area contributed by atoms with Crippen molar-refractivity contribution in [3.63, 3.8) is 0 Å². The molecule has 0 amide bonds. The van der Waals surface area contributed by atoms with Crippen molar-refractivity contribution in [3.8, 4) is 0 Å². The Morgan fingerprint density at radius 1 is 1.62 bits per heavy atom. The maximum atomic E-state index is 13.1. The van der Waals surface area contributed by atoms with Gasteiger partial charge in [0.1, 0.15) is 11.4 Å². The Kier molecular flexibility index (Phi) is 3.70. The van der Waals surface area contributed by atoms with Crippen LogP contribution in [0.2, 0.25) is 0 Å². The number of carbonyl (C=O) groups is 1. The molecule has 0 atom stereocenters. The molecule has 7 heteroatoms. The van der Waals surface area contributed by atoms with Gasteiger partial charge < -0.3 is 10.5 Å². The molecule has 1 aromatic rings. The second kappa shape index (κ2) is 4.82. The quantitative estimate of drug-likeness (QED) is 0.811. The van der Waals surface area contributed by atoms with Gasteiger partial charge in [0.05, 0.1) is 18.4 Å². The van der Waals surface area contributed by atoms with Gasteiger partial charge in [0.15, 0.2) is 5.82 Å². The van der Waals surface area contributed by atoms with Crippen LogP contribution in [0.15, 0.2) is 6.20 Å². The topological polar surface area (TPSA) is 65.2 Å². The molecule has 16 heavy (non-hydrogen) atoms. The van der Waals surface area contributed by atoms with Gasteiger partial charge in [0.25, 0.3) is 6.43 Å². The van der Waals surface area contributed by atoms with Crippen molar-refractivity contribution >= 4 is 11.8 Å². The van der Waals surface area contributed by atoms with E-state index in [1.807, 2.05) is 0 Å². The number of pyridine rings is 1. The number of nitrogens with two attached hydrogens (primary N) is 1. The Labute approximate surface area is 89.2 Å². The first-order chi connectivity index (χ1) is 7.49. The Bertz CT molecular complexity index is 410. The molecule has 0 saturated heterocycles. The second-order valence-electron chi connectivity index (χ2n) is 2.80. The van der Waals surface area contributed by atoms with Crippen molar-refractivity contribution in [2.24, 2.45) is 0 Å². The molecule has 0 bridgehead atoms. The van der Waals surface area contributed by atoms with E-state index in [1.165, 1.54) is 6.92 Å². The van der Waals surface area contributed by atoms with Crippen LogP contribution in [-0.2, 0) is 4.74 Å². The second-order valence-corrected chi connectivity index (χ2v) is 2.80. The highest BCUT2D eigenvalue weighted by Crippen LogP contribution is 2.28. The van der Waals surface area contributed by atoms with E-state index in [-0.39, 0.29) is 6.61 Å². The molecular formula is C9H9F3N2O2. The molecular weight excluding hydrogens is 225 g/mol. The maximum Gasteiger partial charge on any atom is 0.342 e. The smallest absolute Gasteiger partial charge is 0.342 e. The van der Waals surface area contributed by atoms with Gasteiger partial charge in [-0.1, -0.05) is 0 Å². The number of rotatable bonds is 3. The summed E-state index contributed by atoms with van der Waals surface area (Å²) in [7, 11) is 0. The number of nitrogen functional groups attached to an aromatic ring is 1. The van der Waals surface area contributed by atoms with E-state index >= 15 is 0 Å². The summed E-state index contributed by atoms with van der Waals surface area (Å²) < 4.78 is 42.6. The summed E-state index contributed by atoms with van der Waals surface area (Å²) in [6.45, 7) is 1.46. The van der Waals surface area contributed by atoms with E-state index in [1.54, 1.807) is 0 Å². The van der Waals surface area contributed by atoms with Gasteiger partial charge in [-0.3, -0.25) is 0 Å². The minimum Gasteiger partial charge on any atom is -0.462 e. The van der Waals surface area contributed by atoms with E-state index in [2.05, 4.69) is 9.72 Å². The number of halogens is 3. The van der Waals surface area contributed by atoms with Crippen LogP contribution in [-0.4, -0.2) is 17.6 Å². The number of carbonyl (C=O) groups excluding carboxylic acids is 1. The molecule has 1 rings (SSSR count). The molecule has 0 aromatic carbocycles. The van der Waals surface area contributed by atoms with Crippen molar-refractivity contribution in [3.05, 3.63) is 23.1 Å². The first-order valence-corrected chi connectivity index (χ1v) is 4.38. The Balaban J connectivity index is 3.34. The molecule has 1 heterocycles. The van der Waals surface area contributed by atoms with Gasteiger partial charge in [0, 0.05) is 0 Å². The molecule has 0 saturated carbocycles. The molecule has 0 unspecified atom stereocenters. The highest BCUT2D eigenvalue weighted by Gasteiger charge is 2.27. The fraction of sp³-hybridized carbons (Fsp3) is 0.333. The van der Waals surface area contributed by atoms with Crippen LogP contribution in [0, 0.1) is 5.82 Å². The zero-order chi connectivity index (χ0) is 12.3. The summed E-state index contributed by atoms with van der Waals surface area (Å²) in [6.07, 6.45) is -2.62. The van der Waals surface area contributed by atoms with Crippen molar-refractivity contribution in [1.29, 1.82) is 0 Å². The van der Waals surface area contributed by atoms with Crippen molar-refractivity contribution in [2.75, 3.05) is 12.3 Å². The van der Waals surface area contributed by atoms with Crippen LogP contribution in [0.5, 0.6) is 0 Å². The summed E-state index contributed by atoms with van der Waals surface area (Å²) in [6, 6.07) is 0.